The Hall–Kier alpha value is -3.35. The maximum Gasteiger partial charge on any atom is 0.414 e. The molecule has 1 fully saturated rings. The lowest BCUT2D eigenvalue weighted by atomic mass is 9.99. The van der Waals surface area contributed by atoms with E-state index < -0.39 is 12.2 Å². The predicted octanol–water partition coefficient (Wildman–Crippen LogP) is 3.41. The summed E-state index contributed by atoms with van der Waals surface area (Å²) in [6.07, 6.45) is 2.89. The van der Waals surface area contributed by atoms with Crippen molar-refractivity contribution in [3.63, 3.8) is 0 Å². The predicted molar refractivity (Wildman–Crippen MR) is 113 cm³/mol. The van der Waals surface area contributed by atoms with Crippen molar-refractivity contribution in [3.8, 4) is 0 Å². The number of hydrogen-bond donors (Lipinski definition) is 1. The van der Waals surface area contributed by atoms with Crippen LogP contribution in [-0.4, -0.2) is 37.7 Å². The standard InChI is InChI=1S/C23H24FN3O3/c1-2-5-22(28)25-13-19-15-27(23(29)30-19)18-8-9-21(20(24)12-18)26-11-10-16-6-3-4-7-17(16)14-26/h2-9,12,19H,10-11,13-15H2,1H3,(H,25,28)/b5-2+/t19-/m0/s1. The molecule has 0 spiro atoms. The normalized spacial score (nSPS) is 18.5. The third kappa shape index (κ3) is 4.15. The Morgan fingerprint density at radius 1 is 1.27 bits per heavy atom. The number of benzene rings is 2. The Morgan fingerprint density at radius 3 is 2.83 bits per heavy atom. The number of rotatable bonds is 5. The molecule has 0 aliphatic carbocycles. The summed E-state index contributed by atoms with van der Waals surface area (Å²) in [5, 5.41) is 2.68. The molecule has 0 bridgehead atoms. The second kappa shape index (κ2) is 8.57. The molecule has 0 unspecified atom stereocenters. The van der Waals surface area contributed by atoms with E-state index in [1.807, 2.05) is 17.0 Å². The lowest BCUT2D eigenvalue weighted by molar-refractivity contribution is -0.116. The molecule has 4 rings (SSSR count). The number of nitrogens with one attached hydrogen (secondary N) is 1. The van der Waals surface area contributed by atoms with E-state index in [9.17, 15) is 14.0 Å². The van der Waals surface area contributed by atoms with Gasteiger partial charge >= 0.3 is 6.09 Å². The summed E-state index contributed by atoms with van der Waals surface area (Å²) in [5.41, 5.74) is 3.48. The summed E-state index contributed by atoms with van der Waals surface area (Å²) in [6.45, 7) is 3.61. The minimum Gasteiger partial charge on any atom is -0.442 e. The lowest BCUT2D eigenvalue weighted by Crippen LogP contribution is -2.33. The van der Waals surface area contributed by atoms with E-state index in [0.29, 0.717) is 17.9 Å². The summed E-state index contributed by atoms with van der Waals surface area (Å²) < 4.78 is 20.2. The first kappa shape index (κ1) is 19.9. The Balaban J connectivity index is 1.43. The highest BCUT2D eigenvalue weighted by Crippen LogP contribution is 2.30. The van der Waals surface area contributed by atoms with Gasteiger partial charge in [-0.05, 0) is 48.7 Å². The monoisotopic (exact) mass is 409 g/mol. The van der Waals surface area contributed by atoms with Gasteiger partial charge < -0.3 is 15.0 Å². The maximum absolute atomic E-state index is 14.9. The third-order valence-corrected chi connectivity index (χ3v) is 5.41. The molecule has 2 aromatic rings. The van der Waals surface area contributed by atoms with Gasteiger partial charge in [-0.2, -0.15) is 0 Å². The van der Waals surface area contributed by atoms with Crippen LogP contribution < -0.4 is 15.1 Å². The van der Waals surface area contributed by atoms with Crippen molar-refractivity contribution in [2.45, 2.75) is 26.0 Å². The fourth-order valence-corrected chi connectivity index (χ4v) is 3.88. The molecule has 0 radical (unpaired) electrons. The minimum atomic E-state index is -0.542. The molecule has 156 valence electrons. The van der Waals surface area contributed by atoms with Crippen LogP contribution in [0.1, 0.15) is 18.1 Å². The molecule has 2 amide bonds. The number of fused-ring (bicyclic) bond motifs is 1. The first-order valence-electron chi connectivity index (χ1n) is 10.0. The number of amides is 2. The zero-order chi connectivity index (χ0) is 21.1. The van der Waals surface area contributed by atoms with Crippen molar-refractivity contribution in [2.75, 3.05) is 29.4 Å². The number of anilines is 2. The first-order chi connectivity index (χ1) is 14.5. The highest BCUT2D eigenvalue weighted by Gasteiger charge is 2.33. The molecule has 1 saturated heterocycles. The minimum absolute atomic E-state index is 0.208. The quantitative estimate of drug-likeness (QED) is 0.769. The molecule has 1 atom stereocenters. The highest BCUT2D eigenvalue weighted by molar-refractivity contribution is 5.90. The molecular formula is C23H24FN3O3. The van der Waals surface area contributed by atoms with Gasteiger partial charge in [-0.1, -0.05) is 30.3 Å². The fourth-order valence-electron chi connectivity index (χ4n) is 3.88. The van der Waals surface area contributed by atoms with E-state index in [2.05, 4.69) is 17.4 Å². The van der Waals surface area contributed by atoms with Crippen LogP contribution in [0.25, 0.3) is 0 Å². The average molecular weight is 409 g/mol. The number of hydrogen-bond acceptors (Lipinski definition) is 4. The Kier molecular flexibility index (Phi) is 5.70. The van der Waals surface area contributed by atoms with Gasteiger partial charge in [0.1, 0.15) is 11.9 Å². The van der Waals surface area contributed by atoms with Crippen molar-refractivity contribution < 1.29 is 18.7 Å². The number of ether oxygens (including phenoxy) is 1. The molecule has 2 heterocycles. The maximum atomic E-state index is 14.9. The van der Waals surface area contributed by atoms with Crippen LogP contribution >= 0.6 is 0 Å². The molecule has 0 aromatic heterocycles. The lowest BCUT2D eigenvalue weighted by Gasteiger charge is -2.31. The Bertz CT molecular complexity index is 991. The van der Waals surface area contributed by atoms with Gasteiger partial charge in [-0.25, -0.2) is 9.18 Å². The summed E-state index contributed by atoms with van der Waals surface area (Å²) >= 11 is 0. The number of allylic oxidation sites excluding steroid dienone is 1. The van der Waals surface area contributed by atoms with Crippen LogP contribution in [-0.2, 0) is 22.5 Å². The van der Waals surface area contributed by atoms with Crippen LogP contribution in [0.4, 0.5) is 20.6 Å². The molecule has 7 heteroatoms. The number of carbonyl (C=O) groups is 2. The van der Waals surface area contributed by atoms with Crippen molar-refractivity contribution >= 4 is 23.4 Å². The van der Waals surface area contributed by atoms with Gasteiger partial charge in [0, 0.05) is 13.1 Å². The van der Waals surface area contributed by atoms with Crippen molar-refractivity contribution in [1.29, 1.82) is 0 Å². The van der Waals surface area contributed by atoms with Gasteiger partial charge in [0.2, 0.25) is 5.91 Å². The number of carbonyl (C=O) groups excluding carboxylic acids is 2. The summed E-state index contributed by atoms with van der Waals surface area (Å²) in [5.74, 6) is -0.616. The zero-order valence-corrected chi connectivity index (χ0v) is 16.8. The number of nitrogens with zero attached hydrogens (tertiary/aromatic N) is 2. The summed E-state index contributed by atoms with van der Waals surface area (Å²) in [6, 6.07) is 13.0. The van der Waals surface area contributed by atoms with Crippen LogP contribution in [0.2, 0.25) is 0 Å². The SMILES string of the molecule is C/C=C/C(=O)NC[C@H]1CN(c2ccc(N3CCc4ccccc4C3)c(F)c2)C(=O)O1. The van der Waals surface area contributed by atoms with Crippen molar-refractivity contribution in [1.82, 2.24) is 5.32 Å². The summed E-state index contributed by atoms with van der Waals surface area (Å²) in [4.78, 5) is 27.2. The molecule has 2 aliphatic heterocycles. The molecule has 2 aliphatic rings. The highest BCUT2D eigenvalue weighted by atomic mass is 19.1. The van der Waals surface area contributed by atoms with E-state index in [-0.39, 0.29) is 24.8 Å². The topological polar surface area (TPSA) is 61.9 Å². The Morgan fingerprint density at radius 2 is 2.07 bits per heavy atom. The van der Waals surface area contributed by atoms with Crippen molar-refractivity contribution in [3.05, 3.63) is 71.6 Å². The average Bonchev–Trinajstić information content (AvgIpc) is 3.12. The second-order valence-electron chi connectivity index (χ2n) is 7.44. The third-order valence-electron chi connectivity index (χ3n) is 5.41. The molecule has 30 heavy (non-hydrogen) atoms. The van der Waals surface area contributed by atoms with Gasteiger partial charge in [-0.3, -0.25) is 9.69 Å². The fraction of sp³-hybridized carbons (Fsp3) is 0.304. The van der Waals surface area contributed by atoms with Crippen LogP contribution in [0, 0.1) is 5.82 Å². The molecule has 2 aromatic carbocycles. The van der Waals surface area contributed by atoms with Gasteiger partial charge in [-0.15, -0.1) is 0 Å². The van der Waals surface area contributed by atoms with Crippen molar-refractivity contribution in [2.24, 2.45) is 0 Å². The van der Waals surface area contributed by atoms with E-state index in [1.165, 1.54) is 28.2 Å². The van der Waals surface area contributed by atoms with Crippen LogP contribution in [0.15, 0.2) is 54.6 Å². The van der Waals surface area contributed by atoms with E-state index in [4.69, 9.17) is 4.74 Å². The largest absolute Gasteiger partial charge is 0.442 e. The van der Waals surface area contributed by atoms with Crippen LogP contribution in [0.3, 0.4) is 0 Å². The molecule has 1 N–H and O–H groups in total. The zero-order valence-electron chi connectivity index (χ0n) is 16.8. The molecule has 6 nitrogen and oxygen atoms in total. The van der Waals surface area contributed by atoms with E-state index in [1.54, 1.807) is 25.1 Å². The van der Waals surface area contributed by atoms with E-state index >= 15 is 0 Å². The number of cyclic esters (lactones) is 1. The van der Waals surface area contributed by atoms with Gasteiger partial charge in [0.15, 0.2) is 0 Å². The molecular weight excluding hydrogens is 385 g/mol. The van der Waals surface area contributed by atoms with E-state index in [0.717, 1.165) is 13.0 Å². The van der Waals surface area contributed by atoms with Gasteiger partial charge in [0.05, 0.1) is 24.5 Å². The molecule has 0 saturated carbocycles. The first-order valence-corrected chi connectivity index (χ1v) is 10.0. The summed E-state index contributed by atoms with van der Waals surface area (Å²) in [7, 11) is 0. The smallest absolute Gasteiger partial charge is 0.414 e. The second-order valence-corrected chi connectivity index (χ2v) is 7.44. The Labute approximate surface area is 174 Å². The van der Waals surface area contributed by atoms with Crippen LogP contribution in [0.5, 0.6) is 0 Å². The van der Waals surface area contributed by atoms with Gasteiger partial charge in [0.25, 0.3) is 0 Å². The number of halogens is 1.